The largest absolute Gasteiger partial charge is 0.302 e. The first-order valence-electron chi connectivity index (χ1n) is 7.33. The summed E-state index contributed by atoms with van der Waals surface area (Å²) >= 11 is 2.09. The van der Waals surface area contributed by atoms with E-state index in [1.807, 2.05) is 0 Å². The molecule has 3 rings (SSSR count). The van der Waals surface area contributed by atoms with Crippen molar-refractivity contribution in [2.24, 2.45) is 0 Å². The highest BCUT2D eigenvalue weighted by Crippen LogP contribution is 2.33. The summed E-state index contributed by atoms with van der Waals surface area (Å²) in [5.74, 6) is 1.26. The minimum absolute atomic E-state index is 0.154. The van der Waals surface area contributed by atoms with Crippen molar-refractivity contribution in [3.63, 3.8) is 0 Å². The van der Waals surface area contributed by atoms with Gasteiger partial charge in [-0.2, -0.15) is 0 Å². The standard InChI is InChI=1S/C18H21NS/c1-3-8-16(9-4-1)14-18(19-12-7-13-20-18)15-17-10-5-2-6-11-17/h1-6,8-11,19H,7,12-15H2. The van der Waals surface area contributed by atoms with Gasteiger partial charge < -0.3 is 5.32 Å². The zero-order chi connectivity index (χ0) is 13.7. The van der Waals surface area contributed by atoms with Gasteiger partial charge in [-0.25, -0.2) is 0 Å². The Bertz CT molecular complexity index is 474. The molecule has 0 radical (unpaired) electrons. The minimum Gasteiger partial charge on any atom is -0.302 e. The first kappa shape index (κ1) is 13.7. The molecule has 1 saturated heterocycles. The molecule has 0 aliphatic carbocycles. The summed E-state index contributed by atoms with van der Waals surface area (Å²) in [6, 6.07) is 21.7. The summed E-state index contributed by atoms with van der Waals surface area (Å²) < 4.78 is 0. The molecule has 2 heteroatoms. The van der Waals surface area contributed by atoms with E-state index < -0.39 is 0 Å². The predicted octanol–water partition coefficient (Wildman–Crippen LogP) is 3.89. The fourth-order valence-corrected chi connectivity index (χ4v) is 4.27. The summed E-state index contributed by atoms with van der Waals surface area (Å²) in [7, 11) is 0. The Morgan fingerprint density at radius 1 is 0.850 bits per heavy atom. The zero-order valence-electron chi connectivity index (χ0n) is 11.7. The van der Waals surface area contributed by atoms with Crippen LogP contribution < -0.4 is 5.32 Å². The van der Waals surface area contributed by atoms with Crippen LogP contribution in [0.25, 0.3) is 0 Å². The average molecular weight is 283 g/mol. The van der Waals surface area contributed by atoms with Crippen molar-refractivity contribution in [3.05, 3.63) is 71.8 Å². The van der Waals surface area contributed by atoms with E-state index in [-0.39, 0.29) is 4.87 Å². The second-order valence-corrected chi connectivity index (χ2v) is 6.93. The molecule has 2 aromatic rings. The van der Waals surface area contributed by atoms with Crippen molar-refractivity contribution < 1.29 is 0 Å². The molecule has 0 bridgehead atoms. The van der Waals surface area contributed by atoms with Crippen molar-refractivity contribution in [2.45, 2.75) is 24.1 Å². The highest BCUT2D eigenvalue weighted by Gasteiger charge is 2.32. The van der Waals surface area contributed by atoms with Crippen LogP contribution in [0, 0.1) is 0 Å². The number of hydrogen-bond acceptors (Lipinski definition) is 2. The Morgan fingerprint density at radius 3 is 1.85 bits per heavy atom. The molecule has 0 unspecified atom stereocenters. The van der Waals surface area contributed by atoms with Gasteiger partial charge in [0, 0.05) is 12.8 Å². The summed E-state index contributed by atoms with van der Waals surface area (Å²) in [6.45, 7) is 1.13. The summed E-state index contributed by atoms with van der Waals surface area (Å²) in [5, 5.41) is 3.79. The average Bonchev–Trinajstić information content (AvgIpc) is 2.50. The maximum atomic E-state index is 3.79. The molecule has 0 atom stereocenters. The topological polar surface area (TPSA) is 12.0 Å². The molecule has 1 fully saturated rings. The quantitative estimate of drug-likeness (QED) is 0.913. The van der Waals surface area contributed by atoms with Gasteiger partial charge in [0.05, 0.1) is 4.87 Å². The van der Waals surface area contributed by atoms with E-state index in [2.05, 4.69) is 77.7 Å². The lowest BCUT2D eigenvalue weighted by Gasteiger charge is -2.38. The molecule has 0 saturated carbocycles. The van der Waals surface area contributed by atoms with Gasteiger partial charge in [-0.1, -0.05) is 60.7 Å². The molecule has 2 aromatic carbocycles. The van der Waals surface area contributed by atoms with Crippen LogP contribution in [0.5, 0.6) is 0 Å². The van der Waals surface area contributed by atoms with Gasteiger partial charge in [-0.05, 0) is 29.8 Å². The molecule has 0 amide bonds. The van der Waals surface area contributed by atoms with Crippen LogP contribution in [0.3, 0.4) is 0 Å². The summed E-state index contributed by atoms with van der Waals surface area (Å²) in [6.07, 6.45) is 3.46. The lowest BCUT2D eigenvalue weighted by molar-refractivity contribution is 0.446. The van der Waals surface area contributed by atoms with Crippen LogP contribution in [-0.4, -0.2) is 17.2 Å². The van der Waals surface area contributed by atoms with Crippen LogP contribution in [0.1, 0.15) is 17.5 Å². The Morgan fingerprint density at radius 2 is 1.40 bits per heavy atom. The molecule has 104 valence electrons. The Hall–Kier alpha value is -1.25. The van der Waals surface area contributed by atoms with Gasteiger partial charge in [0.15, 0.2) is 0 Å². The predicted molar refractivity (Wildman–Crippen MR) is 88.1 cm³/mol. The number of rotatable bonds is 4. The van der Waals surface area contributed by atoms with Crippen LogP contribution >= 0.6 is 11.8 Å². The van der Waals surface area contributed by atoms with Crippen LogP contribution in [0.4, 0.5) is 0 Å². The van der Waals surface area contributed by atoms with E-state index in [0.29, 0.717) is 0 Å². The van der Waals surface area contributed by atoms with E-state index >= 15 is 0 Å². The number of hydrogen-bond donors (Lipinski definition) is 1. The monoisotopic (exact) mass is 283 g/mol. The van der Waals surface area contributed by atoms with E-state index in [9.17, 15) is 0 Å². The molecule has 1 N–H and O–H groups in total. The van der Waals surface area contributed by atoms with E-state index in [1.54, 1.807) is 0 Å². The Kier molecular flexibility index (Phi) is 4.44. The second-order valence-electron chi connectivity index (χ2n) is 5.45. The molecular formula is C18H21NS. The fraction of sp³-hybridized carbons (Fsp3) is 0.333. The van der Waals surface area contributed by atoms with Crippen molar-refractivity contribution >= 4 is 11.8 Å². The SMILES string of the molecule is c1ccc(CC2(Cc3ccccc3)NCCCS2)cc1. The van der Waals surface area contributed by atoms with Gasteiger partial charge in [0.2, 0.25) is 0 Å². The van der Waals surface area contributed by atoms with Crippen LogP contribution in [0.15, 0.2) is 60.7 Å². The zero-order valence-corrected chi connectivity index (χ0v) is 12.5. The highest BCUT2D eigenvalue weighted by molar-refractivity contribution is 8.00. The molecule has 0 spiro atoms. The van der Waals surface area contributed by atoms with Gasteiger partial charge in [-0.3, -0.25) is 0 Å². The third kappa shape index (κ3) is 3.44. The summed E-state index contributed by atoms with van der Waals surface area (Å²) in [4.78, 5) is 0.154. The molecular weight excluding hydrogens is 262 g/mol. The normalized spacial score (nSPS) is 17.8. The molecule has 20 heavy (non-hydrogen) atoms. The Balaban J connectivity index is 1.81. The minimum atomic E-state index is 0.154. The first-order chi connectivity index (χ1) is 9.86. The highest BCUT2D eigenvalue weighted by atomic mass is 32.2. The van der Waals surface area contributed by atoms with E-state index in [4.69, 9.17) is 0 Å². The molecule has 0 aromatic heterocycles. The van der Waals surface area contributed by atoms with Crippen molar-refractivity contribution in [2.75, 3.05) is 12.3 Å². The Labute approximate surface area is 125 Å². The third-order valence-corrected chi connectivity index (χ3v) is 5.29. The second kappa shape index (κ2) is 6.47. The lowest BCUT2D eigenvalue weighted by Crippen LogP contribution is -2.49. The van der Waals surface area contributed by atoms with Gasteiger partial charge in [0.25, 0.3) is 0 Å². The number of nitrogens with one attached hydrogen (secondary N) is 1. The summed E-state index contributed by atoms with van der Waals surface area (Å²) in [5.41, 5.74) is 2.84. The first-order valence-corrected chi connectivity index (χ1v) is 8.32. The smallest absolute Gasteiger partial charge is 0.0726 e. The molecule has 1 aliphatic heterocycles. The fourth-order valence-electron chi connectivity index (χ4n) is 2.85. The molecule has 1 nitrogen and oxygen atoms in total. The third-order valence-electron chi connectivity index (χ3n) is 3.81. The lowest BCUT2D eigenvalue weighted by atomic mass is 9.98. The maximum absolute atomic E-state index is 3.79. The maximum Gasteiger partial charge on any atom is 0.0726 e. The van der Waals surface area contributed by atoms with Crippen molar-refractivity contribution in [3.8, 4) is 0 Å². The van der Waals surface area contributed by atoms with Gasteiger partial charge >= 0.3 is 0 Å². The molecule has 1 heterocycles. The van der Waals surface area contributed by atoms with Crippen molar-refractivity contribution in [1.82, 2.24) is 5.32 Å². The van der Waals surface area contributed by atoms with Gasteiger partial charge in [0.1, 0.15) is 0 Å². The van der Waals surface area contributed by atoms with Crippen LogP contribution in [0.2, 0.25) is 0 Å². The van der Waals surface area contributed by atoms with Crippen molar-refractivity contribution in [1.29, 1.82) is 0 Å². The van der Waals surface area contributed by atoms with E-state index in [1.165, 1.54) is 23.3 Å². The number of benzene rings is 2. The number of thioether (sulfide) groups is 1. The molecule has 1 aliphatic rings. The van der Waals surface area contributed by atoms with E-state index in [0.717, 1.165) is 19.4 Å². The van der Waals surface area contributed by atoms with Gasteiger partial charge in [-0.15, -0.1) is 11.8 Å². The van der Waals surface area contributed by atoms with Crippen LogP contribution in [-0.2, 0) is 12.8 Å².